The molecule has 0 aromatic heterocycles. The highest BCUT2D eigenvalue weighted by Crippen LogP contribution is 2.22. The van der Waals surface area contributed by atoms with Gasteiger partial charge in [0.05, 0.1) is 12.1 Å². The topological polar surface area (TPSA) is 21.3 Å². The fraction of sp³-hybridized carbons (Fsp3) is 0.818. The van der Waals surface area contributed by atoms with Gasteiger partial charge in [0.25, 0.3) is 0 Å². The molecule has 2 atom stereocenters. The molecule has 0 aliphatic heterocycles. The van der Waals surface area contributed by atoms with Crippen LogP contribution in [0.25, 0.3) is 0 Å². The predicted molar refractivity (Wildman–Crippen MR) is 55.9 cm³/mol. The summed E-state index contributed by atoms with van der Waals surface area (Å²) in [6, 6.07) is 0.408. The van der Waals surface area contributed by atoms with Crippen molar-refractivity contribution in [3.8, 4) is 0 Å². The first-order chi connectivity index (χ1) is 6.29. The van der Waals surface area contributed by atoms with Crippen molar-refractivity contribution >= 4 is 0 Å². The average molecular weight is 183 g/mol. The number of methoxy groups -OCH3 is 1. The molecule has 1 aliphatic rings. The molecule has 0 fully saturated rings. The van der Waals surface area contributed by atoms with Crippen LogP contribution in [0.5, 0.6) is 0 Å². The first-order valence-corrected chi connectivity index (χ1v) is 5.18. The number of hydrogen-bond donors (Lipinski definition) is 1. The molecule has 0 aromatic rings. The molecule has 1 N–H and O–H groups in total. The molecular weight excluding hydrogens is 162 g/mol. The third-order valence-corrected chi connectivity index (χ3v) is 2.88. The molecule has 0 spiro atoms. The normalized spacial score (nSPS) is 22.2. The molecule has 0 saturated carbocycles. The lowest BCUT2D eigenvalue weighted by molar-refractivity contribution is 0.0947. The van der Waals surface area contributed by atoms with Crippen LogP contribution >= 0.6 is 0 Å². The Kier molecular flexibility index (Phi) is 4.46. The van der Waals surface area contributed by atoms with Crippen molar-refractivity contribution in [3.05, 3.63) is 11.6 Å². The van der Waals surface area contributed by atoms with Crippen LogP contribution in [0.2, 0.25) is 0 Å². The molecule has 0 saturated heterocycles. The lowest BCUT2D eigenvalue weighted by atomic mass is 9.91. The maximum Gasteiger partial charge on any atom is 0.0734 e. The minimum absolute atomic E-state index is 0.273. The Labute approximate surface area is 81.4 Å². The van der Waals surface area contributed by atoms with Gasteiger partial charge in [0.15, 0.2) is 0 Å². The molecule has 13 heavy (non-hydrogen) atoms. The Morgan fingerprint density at radius 3 is 2.69 bits per heavy atom. The fourth-order valence-electron chi connectivity index (χ4n) is 2.00. The lowest BCUT2D eigenvalue weighted by Crippen LogP contribution is -2.39. The minimum Gasteiger partial charge on any atom is -0.380 e. The Bertz CT molecular complexity index is 177. The van der Waals surface area contributed by atoms with Crippen molar-refractivity contribution in [2.24, 2.45) is 0 Å². The molecule has 0 radical (unpaired) electrons. The highest BCUT2D eigenvalue weighted by molar-refractivity contribution is 5.14. The minimum atomic E-state index is 0.273. The summed E-state index contributed by atoms with van der Waals surface area (Å²) in [5.41, 5.74) is 1.53. The van der Waals surface area contributed by atoms with Gasteiger partial charge in [-0.15, -0.1) is 0 Å². The van der Waals surface area contributed by atoms with E-state index < -0.39 is 0 Å². The number of nitrogens with one attached hydrogen (secondary N) is 1. The molecule has 0 aromatic carbocycles. The zero-order chi connectivity index (χ0) is 9.68. The van der Waals surface area contributed by atoms with Crippen molar-refractivity contribution in [3.63, 3.8) is 0 Å². The summed E-state index contributed by atoms with van der Waals surface area (Å²) < 4.78 is 5.35. The number of rotatable bonds is 4. The van der Waals surface area contributed by atoms with Gasteiger partial charge in [0, 0.05) is 7.11 Å². The Hall–Kier alpha value is -0.340. The molecular formula is C11H21NO. The van der Waals surface area contributed by atoms with Crippen LogP contribution in [0.3, 0.4) is 0 Å². The van der Waals surface area contributed by atoms with E-state index in [0.717, 1.165) is 0 Å². The van der Waals surface area contributed by atoms with Gasteiger partial charge in [0.2, 0.25) is 0 Å². The van der Waals surface area contributed by atoms with E-state index in [4.69, 9.17) is 4.74 Å². The molecule has 1 rings (SSSR count). The molecule has 2 heteroatoms. The van der Waals surface area contributed by atoms with Gasteiger partial charge in [-0.05, 0) is 39.7 Å². The van der Waals surface area contributed by atoms with Crippen molar-refractivity contribution in [1.82, 2.24) is 5.32 Å². The summed E-state index contributed by atoms with van der Waals surface area (Å²) in [6.45, 7) is 2.12. The summed E-state index contributed by atoms with van der Waals surface area (Å²) in [6.07, 6.45) is 7.81. The number of allylic oxidation sites excluding steroid dienone is 1. The monoisotopic (exact) mass is 183 g/mol. The van der Waals surface area contributed by atoms with E-state index >= 15 is 0 Å². The Morgan fingerprint density at radius 2 is 2.23 bits per heavy atom. The van der Waals surface area contributed by atoms with E-state index in [1.807, 2.05) is 7.05 Å². The molecule has 2 nitrogen and oxygen atoms in total. The second-order valence-electron chi connectivity index (χ2n) is 3.73. The lowest BCUT2D eigenvalue weighted by Gasteiger charge is -2.27. The smallest absolute Gasteiger partial charge is 0.0734 e. The van der Waals surface area contributed by atoms with Crippen molar-refractivity contribution in [2.75, 3.05) is 14.2 Å². The molecule has 1 aliphatic carbocycles. The average Bonchev–Trinajstić information content (AvgIpc) is 2.20. The second-order valence-corrected chi connectivity index (χ2v) is 3.73. The summed E-state index contributed by atoms with van der Waals surface area (Å²) in [5.74, 6) is 0. The zero-order valence-electron chi connectivity index (χ0n) is 8.97. The van der Waals surface area contributed by atoms with Gasteiger partial charge in [-0.1, -0.05) is 11.6 Å². The van der Waals surface area contributed by atoms with Crippen LogP contribution in [0, 0.1) is 0 Å². The van der Waals surface area contributed by atoms with Gasteiger partial charge in [0.1, 0.15) is 0 Å². The summed E-state index contributed by atoms with van der Waals surface area (Å²) in [7, 11) is 3.79. The third kappa shape index (κ3) is 2.82. The van der Waals surface area contributed by atoms with E-state index in [0.29, 0.717) is 6.04 Å². The largest absolute Gasteiger partial charge is 0.380 e. The van der Waals surface area contributed by atoms with Crippen molar-refractivity contribution < 1.29 is 4.74 Å². The van der Waals surface area contributed by atoms with E-state index in [1.54, 1.807) is 7.11 Å². The molecule has 0 heterocycles. The number of likely N-dealkylation sites (N-methyl/N-ethyl adjacent to an activating group) is 1. The van der Waals surface area contributed by atoms with Gasteiger partial charge in [-0.2, -0.15) is 0 Å². The van der Waals surface area contributed by atoms with Gasteiger partial charge in [-0.3, -0.25) is 0 Å². The van der Waals surface area contributed by atoms with Gasteiger partial charge < -0.3 is 10.1 Å². The van der Waals surface area contributed by atoms with E-state index in [-0.39, 0.29) is 6.10 Å². The first-order valence-electron chi connectivity index (χ1n) is 5.18. The fourth-order valence-corrected chi connectivity index (χ4v) is 2.00. The van der Waals surface area contributed by atoms with E-state index in [2.05, 4.69) is 18.3 Å². The summed E-state index contributed by atoms with van der Waals surface area (Å²) in [4.78, 5) is 0. The molecule has 76 valence electrons. The number of hydrogen-bond acceptors (Lipinski definition) is 2. The molecule has 2 unspecified atom stereocenters. The summed E-state index contributed by atoms with van der Waals surface area (Å²) >= 11 is 0. The molecule has 0 amide bonds. The van der Waals surface area contributed by atoms with Gasteiger partial charge >= 0.3 is 0 Å². The highest BCUT2D eigenvalue weighted by atomic mass is 16.5. The van der Waals surface area contributed by atoms with Crippen LogP contribution in [0.1, 0.15) is 32.6 Å². The summed E-state index contributed by atoms with van der Waals surface area (Å²) in [5, 5.41) is 3.33. The SMILES string of the molecule is CNC(C1=CCCCC1)C(C)OC. The van der Waals surface area contributed by atoms with E-state index in [1.165, 1.54) is 31.3 Å². The highest BCUT2D eigenvalue weighted by Gasteiger charge is 2.20. The van der Waals surface area contributed by atoms with Gasteiger partial charge in [-0.25, -0.2) is 0 Å². The Balaban J connectivity index is 2.58. The maximum absolute atomic E-state index is 5.35. The maximum atomic E-state index is 5.35. The second kappa shape index (κ2) is 5.40. The predicted octanol–water partition coefficient (Wildman–Crippen LogP) is 2.11. The third-order valence-electron chi connectivity index (χ3n) is 2.88. The molecule has 0 bridgehead atoms. The zero-order valence-corrected chi connectivity index (χ0v) is 8.97. The van der Waals surface area contributed by atoms with Crippen LogP contribution in [0.15, 0.2) is 11.6 Å². The van der Waals surface area contributed by atoms with Crippen LogP contribution in [-0.2, 0) is 4.74 Å². The van der Waals surface area contributed by atoms with Crippen molar-refractivity contribution in [1.29, 1.82) is 0 Å². The quantitative estimate of drug-likeness (QED) is 0.674. The van der Waals surface area contributed by atoms with Crippen LogP contribution in [-0.4, -0.2) is 26.3 Å². The van der Waals surface area contributed by atoms with Crippen LogP contribution < -0.4 is 5.32 Å². The number of ether oxygens (including phenoxy) is 1. The first kappa shape index (κ1) is 10.7. The van der Waals surface area contributed by atoms with E-state index in [9.17, 15) is 0 Å². The van der Waals surface area contributed by atoms with Crippen LogP contribution in [0.4, 0.5) is 0 Å². The standard InChI is InChI=1S/C11H21NO/c1-9(13-3)11(12-2)10-7-5-4-6-8-10/h7,9,11-12H,4-6,8H2,1-3H3. The Morgan fingerprint density at radius 1 is 1.46 bits per heavy atom. The van der Waals surface area contributed by atoms with Crippen molar-refractivity contribution in [2.45, 2.75) is 44.8 Å².